The maximum Gasteiger partial charge on any atom is 0.209 e. The zero-order valence-electron chi connectivity index (χ0n) is 16.6. The second-order valence-corrected chi connectivity index (χ2v) is 10.2. The van der Waals surface area contributed by atoms with Gasteiger partial charge < -0.3 is 9.47 Å². The van der Waals surface area contributed by atoms with E-state index in [0.29, 0.717) is 25.1 Å². The fourth-order valence-electron chi connectivity index (χ4n) is 4.88. The van der Waals surface area contributed by atoms with Crippen molar-refractivity contribution in [1.82, 2.24) is 9.62 Å². The molecule has 1 aliphatic carbocycles. The summed E-state index contributed by atoms with van der Waals surface area (Å²) < 4.78 is 67.0. The minimum Gasteiger partial charge on any atom is -0.475 e. The SMILES string of the molecule is CS(=O)(=O)N[C@H]1CCCN2COc3c(F)cc(F)cc3[C@H]3CC[C@H](CC3)OC[C@@H]12. The second-order valence-electron chi connectivity index (χ2n) is 8.40. The molecule has 9 heteroatoms. The summed E-state index contributed by atoms with van der Waals surface area (Å²) in [5.74, 6) is -1.11. The van der Waals surface area contributed by atoms with E-state index in [9.17, 15) is 17.2 Å². The number of piperidine rings is 1. The van der Waals surface area contributed by atoms with Crippen LogP contribution in [0.15, 0.2) is 12.1 Å². The Morgan fingerprint density at radius 1 is 1.14 bits per heavy atom. The van der Waals surface area contributed by atoms with Crippen LogP contribution in [0.3, 0.4) is 0 Å². The fraction of sp³-hybridized carbons (Fsp3) is 0.700. The molecule has 2 atom stereocenters. The maximum absolute atomic E-state index is 14.6. The van der Waals surface area contributed by atoms with Crippen molar-refractivity contribution in [2.45, 2.75) is 62.6 Å². The van der Waals surface area contributed by atoms with E-state index in [2.05, 4.69) is 4.72 Å². The van der Waals surface area contributed by atoms with Crippen molar-refractivity contribution in [3.8, 4) is 5.75 Å². The zero-order chi connectivity index (χ0) is 20.6. The molecule has 6 nitrogen and oxygen atoms in total. The Bertz CT molecular complexity index is 843. The third kappa shape index (κ3) is 4.90. The van der Waals surface area contributed by atoms with Gasteiger partial charge in [0.1, 0.15) is 12.5 Å². The van der Waals surface area contributed by atoms with E-state index in [1.54, 1.807) is 0 Å². The van der Waals surface area contributed by atoms with Gasteiger partial charge in [0.2, 0.25) is 10.0 Å². The predicted molar refractivity (Wildman–Crippen MR) is 104 cm³/mol. The topological polar surface area (TPSA) is 67.9 Å². The first-order valence-corrected chi connectivity index (χ1v) is 12.1. The fourth-order valence-corrected chi connectivity index (χ4v) is 5.70. The molecule has 4 aliphatic rings. The molecule has 0 aromatic heterocycles. The van der Waals surface area contributed by atoms with E-state index < -0.39 is 21.7 Å². The number of hydrogen-bond donors (Lipinski definition) is 1. The number of hydrogen-bond acceptors (Lipinski definition) is 5. The van der Waals surface area contributed by atoms with E-state index in [1.807, 2.05) is 4.90 Å². The lowest BCUT2D eigenvalue weighted by molar-refractivity contribution is -0.0481. The zero-order valence-corrected chi connectivity index (χ0v) is 17.4. The van der Waals surface area contributed by atoms with E-state index >= 15 is 0 Å². The van der Waals surface area contributed by atoms with Gasteiger partial charge in [-0.1, -0.05) is 0 Å². The summed E-state index contributed by atoms with van der Waals surface area (Å²) in [4.78, 5) is 1.99. The van der Waals surface area contributed by atoms with Crippen LogP contribution in [0.25, 0.3) is 0 Å². The van der Waals surface area contributed by atoms with Gasteiger partial charge in [-0.05, 0) is 50.5 Å². The van der Waals surface area contributed by atoms with Crippen LogP contribution in [0.4, 0.5) is 8.78 Å². The monoisotopic (exact) mass is 430 g/mol. The predicted octanol–water partition coefficient (Wildman–Crippen LogP) is 2.74. The van der Waals surface area contributed by atoms with Gasteiger partial charge >= 0.3 is 0 Å². The lowest BCUT2D eigenvalue weighted by Crippen LogP contribution is -2.58. The van der Waals surface area contributed by atoms with Crippen LogP contribution in [0.5, 0.6) is 5.75 Å². The summed E-state index contributed by atoms with van der Waals surface area (Å²) in [5.41, 5.74) is 0.584. The summed E-state index contributed by atoms with van der Waals surface area (Å²) in [6.45, 7) is 1.19. The summed E-state index contributed by atoms with van der Waals surface area (Å²) in [5, 5.41) is 0. The number of ether oxygens (including phenoxy) is 2. The molecule has 0 amide bonds. The molecule has 2 bridgehead atoms. The number of sulfonamides is 1. The minimum atomic E-state index is -3.37. The maximum atomic E-state index is 14.6. The van der Waals surface area contributed by atoms with Gasteiger partial charge in [-0.3, -0.25) is 4.90 Å². The molecule has 1 aromatic carbocycles. The van der Waals surface area contributed by atoms with Gasteiger partial charge in [-0.2, -0.15) is 0 Å². The first-order chi connectivity index (χ1) is 13.8. The molecule has 1 aromatic rings. The Balaban J connectivity index is 1.65. The molecule has 3 aliphatic heterocycles. The van der Waals surface area contributed by atoms with Crippen LogP contribution in [-0.2, 0) is 14.8 Å². The van der Waals surface area contributed by atoms with Crippen LogP contribution < -0.4 is 9.46 Å². The normalized spacial score (nSPS) is 31.1. The first-order valence-electron chi connectivity index (χ1n) is 10.2. The molecule has 0 radical (unpaired) electrons. The van der Waals surface area contributed by atoms with Crippen molar-refractivity contribution in [2.75, 3.05) is 26.1 Å². The Morgan fingerprint density at radius 3 is 2.62 bits per heavy atom. The van der Waals surface area contributed by atoms with Crippen LogP contribution in [0.1, 0.15) is 50.0 Å². The minimum absolute atomic E-state index is 0.0475. The molecule has 1 saturated heterocycles. The molecular formula is C20H28F2N2O4S. The molecule has 0 unspecified atom stereocenters. The molecule has 2 fully saturated rings. The van der Waals surface area contributed by atoms with Gasteiger partial charge in [-0.25, -0.2) is 21.9 Å². The Hall–Kier alpha value is -1.29. The number of nitrogens with one attached hydrogen (secondary N) is 1. The van der Waals surface area contributed by atoms with Crippen molar-refractivity contribution in [2.24, 2.45) is 0 Å². The molecule has 0 spiro atoms. The highest BCUT2D eigenvalue weighted by molar-refractivity contribution is 7.88. The van der Waals surface area contributed by atoms with Gasteiger partial charge in [-0.15, -0.1) is 0 Å². The summed E-state index contributed by atoms with van der Waals surface area (Å²) in [6.07, 6.45) is 5.90. The average molecular weight is 431 g/mol. The number of nitrogens with zero attached hydrogens (tertiary/aromatic N) is 1. The van der Waals surface area contributed by atoms with E-state index in [-0.39, 0.29) is 36.6 Å². The molecule has 3 heterocycles. The number of halogens is 2. The highest BCUT2D eigenvalue weighted by Gasteiger charge is 2.36. The van der Waals surface area contributed by atoms with Crippen molar-refractivity contribution in [1.29, 1.82) is 0 Å². The molecule has 5 rings (SSSR count). The Labute approximate surface area is 170 Å². The largest absolute Gasteiger partial charge is 0.475 e. The summed E-state index contributed by atoms with van der Waals surface area (Å²) in [7, 11) is -3.37. The van der Waals surface area contributed by atoms with Crippen molar-refractivity contribution >= 4 is 10.0 Å². The third-order valence-corrected chi connectivity index (χ3v) is 7.02. The van der Waals surface area contributed by atoms with Crippen LogP contribution in [-0.4, -0.2) is 57.6 Å². The van der Waals surface area contributed by atoms with E-state index in [1.165, 1.54) is 6.07 Å². The van der Waals surface area contributed by atoms with E-state index in [0.717, 1.165) is 44.4 Å². The quantitative estimate of drug-likeness (QED) is 0.782. The summed E-state index contributed by atoms with van der Waals surface area (Å²) in [6, 6.07) is 1.75. The van der Waals surface area contributed by atoms with Crippen LogP contribution >= 0.6 is 0 Å². The smallest absolute Gasteiger partial charge is 0.209 e. The first kappa shape index (κ1) is 21.0. The molecule has 1 saturated carbocycles. The standard InChI is InChI=1S/C20H28F2N2O4S/c1-29(25,26)23-18-3-2-8-24-12-28-20-16(9-14(21)10-17(20)22)13-4-6-15(7-5-13)27-11-19(18)24/h9-10,13,15,18-19,23H,2-8,11-12H2,1H3/t13-,15+,18-,19-/m0/s1. The highest BCUT2D eigenvalue weighted by Crippen LogP contribution is 2.40. The van der Waals surface area contributed by atoms with Gasteiger partial charge in [0.05, 0.1) is 25.0 Å². The third-order valence-electron chi connectivity index (χ3n) is 6.29. The molecular weight excluding hydrogens is 402 g/mol. The second kappa shape index (κ2) is 8.45. The van der Waals surface area contributed by atoms with Gasteiger partial charge in [0, 0.05) is 24.2 Å². The van der Waals surface area contributed by atoms with Gasteiger partial charge in [0.25, 0.3) is 0 Å². The van der Waals surface area contributed by atoms with Crippen LogP contribution in [0, 0.1) is 11.6 Å². The lowest BCUT2D eigenvalue weighted by Gasteiger charge is -2.42. The number of benzene rings is 1. The number of rotatable bonds is 2. The highest BCUT2D eigenvalue weighted by atomic mass is 32.2. The summed E-state index contributed by atoms with van der Waals surface area (Å²) >= 11 is 0. The Kier molecular flexibility index (Phi) is 6.11. The van der Waals surface area contributed by atoms with Crippen LogP contribution in [0.2, 0.25) is 0 Å². The molecule has 1 N–H and O–H groups in total. The van der Waals surface area contributed by atoms with Crippen molar-refractivity contribution in [3.63, 3.8) is 0 Å². The van der Waals surface area contributed by atoms with E-state index in [4.69, 9.17) is 9.47 Å². The van der Waals surface area contributed by atoms with Crippen molar-refractivity contribution in [3.05, 3.63) is 29.3 Å². The molecule has 29 heavy (non-hydrogen) atoms. The Morgan fingerprint density at radius 2 is 1.90 bits per heavy atom. The lowest BCUT2D eigenvalue weighted by atomic mass is 9.82. The molecule has 162 valence electrons. The number of fused-ring (bicyclic) bond motifs is 4. The van der Waals surface area contributed by atoms with Gasteiger partial charge in [0.15, 0.2) is 11.6 Å². The average Bonchev–Trinajstić information content (AvgIpc) is 2.64. The van der Waals surface area contributed by atoms with Crippen molar-refractivity contribution < 1.29 is 26.7 Å².